The lowest BCUT2D eigenvalue weighted by atomic mass is 10.1. The lowest BCUT2D eigenvalue weighted by Gasteiger charge is -2.20. The van der Waals surface area contributed by atoms with Crippen LogP contribution in [-0.4, -0.2) is 36.5 Å². The van der Waals surface area contributed by atoms with Gasteiger partial charge in [-0.15, -0.1) is 0 Å². The molecular formula is C22H27N3O2. The fourth-order valence-corrected chi connectivity index (χ4v) is 3.63. The van der Waals surface area contributed by atoms with Crippen molar-refractivity contribution in [2.24, 2.45) is 5.41 Å². The molecule has 1 saturated heterocycles. The van der Waals surface area contributed by atoms with E-state index in [-0.39, 0.29) is 12.0 Å². The van der Waals surface area contributed by atoms with Crippen LogP contribution in [0, 0.1) is 5.41 Å². The number of ether oxygens (including phenoxy) is 1. The molecule has 5 nitrogen and oxygen atoms in total. The first-order chi connectivity index (χ1) is 13.0. The zero-order valence-corrected chi connectivity index (χ0v) is 15.8. The van der Waals surface area contributed by atoms with Gasteiger partial charge in [0.15, 0.2) is 0 Å². The number of benzene rings is 2. The molecule has 5 heteroatoms. The van der Waals surface area contributed by atoms with Crippen LogP contribution in [0.1, 0.15) is 36.5 Å². The van der Waals surface area contributed by atoms with Crippen molar-refractivity contribution < 1.29 is 9.53 Å². The lowest BCUT2D eigenvalue weighted by Crippen LogP contribution is -2.29. The summed E-state index contributed by atoms with van der Waals surface area (Å²) in [4.78, 5) is 14.9. The Morgan fingerprint density at radius 1 is 1.22 bits per heavy atom. The summed E-state index contributed by atoms with van der Waals surface area (Å²) in [5, 5.41) is 2.84. The predicted octanol–water partition coefficient (Wildman–Crippen LogP) is 3.77. The average Bonchev–Trinajstić information content (AvgIpc) is 3.22. The zero-order chi connectivity index (χ0) is 18.9. The number of rotatable bonds is 6. The molecule has 1 heterocycles. The molecule has 142 valence electrons. The molecule has 1 aliphatic heterocycles. The van der Waals surface area contributed by atoms with Crippen molar-refractivity contribution in [3.8, 4) is 5.75 Å². The van der Waals surface area contributed by atoms with Crippen molar-refractivity contribution in [1.29, 1.82) is 0 Å². The summed E-state index contributed by atoms with van der Waals surface area (Å²) >= 11 is 0. The second kappa shape index (κ2) is 7.24. The van der Waals surface area contributed by atoms with E-state index in [1.807, 2.05) is 24.3 Å². The van der Waals surface area contributed by atoms with Crippen LogP contribution in [0.3, 0.4) is 0 Å². The SMILES string of the molecule is CC1(CN2CCC(Oc3ccc(C(=O)Nc4ccccc4N)cc3)C2)CC1. The molecular weight excluding hydrogens is 338 g/mol. The number of nitrogens with zero attached hydrogens (tertiary/aromatic N) is 1. The third kappa shape index (κ3) is 4.42. The normalized spacial score (nSPS) is 21.0. The number of nitrogen functional groups attached to an aromatic ring is 1. The number of nitrogens with two attached hydrogens (primary N) is 1. The van der Waals surface area contributed by atoms with Gasteiger partial charge in [-0.3, -0.25) is 9.69 Å². The van der Waals surface area contributed by atoms with Gasteiger partial charge < -0.3 is 15.8 Å². The fourth-order valence-electron chi connectivity index (χ4n) is 3.63. The minimum absolute atomic E-state index is 0.177. The Kier molecular flexibility index (Phi) is 4.79. The molecule has 2 aromatic rings. The van der Waals surface area contributed by atoms with E-state index in [9.17, 15) is 4.79 Å². The molecule has 2 fully saturated rings. The summed E-state index contributed by atoms with van der Waals surface area (Å²) in [6.45, 7) is 5.66. The zero-order valence-electron chi connectivity index (χ0n) is 15.8. The average molecular weight is 365 g/mol. The first-order valence-electron chi connectivity index (χ1n) is 9.66. The summed E-state index contributed by atoms with van der Waals surface area (Å²) in [6.07, 6.45) is 4.00. The monoisotopic (exact) mass is 365 g/mol. The molecule has 3 N–H and O–H groups in total. The number of para-hydroxylation sites is 2. The summed E-state index contributed by atoms with van der Waals surface area (Å²) in [5.41, 5.74) is 8.18. The molecule has 1 aliphatic carbocycles. The minimum Gasteiger partial charge on any atom is -0.489 e. The molecule has 2 aliphatic rings. The lowest BCUT2D eigenvalue weighted by molar-refractivity contribution is 0.102. The van der Waals surface area contributed by atoms with Gasteiger partial charge in [-0.05, 0) is 61.1 Å². The molecule has 1 atom stereocenters. The standard InChI is InChI=1S/C22H27N3O2/c1-22(11-12-22)15-25-13-10-18(14-25)27-17-8-6-16(7-9-17)21(26)24-20-5-3-2-4-19(20)23/h2-9,18H,10-15,23H2,1H3,(H,24,26). The Morgan fingerprint density at radius 2 is 1.96 bits per heavy atom. The predicted molar refractivity (Wildman–Crippen MR) is 108 cm³/mol. The quantitative estimate of drug-likeness (QED) is 0.765. The second-order valence-electron chi connectivity index (χ2n) is 8.14. The van der Waals surface area contributed by atoms with Crippen LogP contribution in [0.4, 0.5) is 11.4 Å². The van der Waals surface area contributed by atoms with Gasteiger partial charge in [0.2, 0.25) is 0 Å². The Hall–Kier alpha value is -2.53. The number of likely N-dealkylation sites (tertiary alicyclic amines) is 1. The van der Waals surface area contributed by atoms with E-state index in [1.165, 1.54) is 19.4 Å². The summed E-state index contributed by atoms with van der Waals surface area (Å²) in [7, 11) is 0. The molecule has 2 aromatic carbocycles. The fraction of sp³-hybridized carbons (Fsp3) is 0.409. The van der Waals surface area contributed by atoms with Crippen molar-refractivity contribution >= 4 is 17.3 Å². The highest BCUT2D eigenvalue weighted by molar-refractivity contribution is 6.05. The van der Waals surface area contributed by atoms with Gasteiger partial charge in [-0.25, -0.2) is 0 Å². The molecule has 0 aromatic heterocycles. The Balaban J connectivity index is 1.31. The van der Waals surface area contributed by atoms with Crippen molar-refractivity contribution in [2.45, 2.75) is 32.3 Å². The topological polar surface area (TPSA) is 67.6 Å². The Bertz CT molecular complexity index is 815. The number of carbonyl (C=O) groups is 1. The summed E-state index contributed by atoms with van der Waals surface area (Å²) < 4.78 is 6.12. The van der Waals surface area contributed by atoms with Gasteiger partial charge in [0.25, 0.3) is 5.91 Å². The first-order valence-corrected chi connectivity index (χ1v) is 9.66. The smallest absolute Gasteiger partial charge is 0.255 e. The van der Waals surface area contributed by atoms with Crippen LogP contribution in [0.5, 0.6) is 5.75 Å². The largest absolute Gasteiger partial charge is 0.489 e. The van der Waals surface area contributed by atoms with Crippen LogP contribution in [0.2, 0.25) is 0 Å². The summed E-state index contributed by atoms with van der Waals surface area (Å²) in [5.74, 6) is 0.638. The Labute approximate surface area is 160 Å². The van der Waals surface area contributed by atoms with Gasteiger partial charge in [0.05, 0.1) is 11.4 Å². The van der Waals surface area contributed by atoms with Crippen LogP contribution < -0.4 is 15.8 Å². The van der Waals surface area contributed by atoms with Crippen LogP contribution in [0.25, 0.3) is 0 Å². The number of nitrogens with one attached hydrogen (secondary N) is 1. The number of anilines is 2. The molecule has 1 unspecified atom stereocenters. The highest BCUT2D eigenvalue weighted by Gasteiger charge is 2.40. The maximum atomic E-state index is 12.4. The van der Waals surface area contributed by atoms with E-state index < -0.39 is 0 Å². The number of carbonyl (C=O) groups excluding carboxylic acids is 1. The molecule has 0 spiro atoms. The van der Waals surface area contributed by atoms with Gasteiger partial charge in [0, 0.05) is 25.2 Å². The van der Waals surface area contributed by atoms with Crippen LogP contribution in [-0.2, 0) is 0 Å². The molecule has 0 bridgehead atoms. The molecule has 0 radical (unpaired) electrons. The van der Waals surface area contributed by atoms with E-state index in [0.717, 1.165) is 25.3 Å². The third-order valence-corrected chi connectivity index (χ3v) is 5.57. The molecule has 27 heavy (non-hydrogen) atoms. The van der Waals surface area contributed by atoms with Crippen molar-refractivity contribution in [2.75, 3.05) is 30.7 Å². The van der Waals surface area contributed by atoms with Gasteiger partial charge >= 0.3 is 0 Å². The summed E-state index contributed by atoms with van der Waals surface area (Å²) in [6, 6.07) is 14.6. The highest BCUT2D eigenvalue weighted by Crippen LogP contribution is 2.45. The maximum absolute atomic E-state index is 12.4. The van der Waals surface area contributed by atoms with Gasteiger partial charge in [0.1, 0.15) is 11.9 Å². The van der Waals surface area contributed by atoms with E-state index in [1.54, 1.807) is 24.3 Å². The molecule has 1 amide bonds. The van der Waals surface area contributed by atoms with Gasteiger partial charge in [-0.2, -0.15) is 0 Å². The maximum Gasteiger partial charge on any atom is 0.255 e. The van der Waals surface area contributed by atoms with Crippen molar-refractivity contribution in [3.63, 3.8) is 0 Å². The minimum atomic E-state index is -0.177. The number of hydrogen-bond acceptors (Lipinski definition) is 4. The molecule has 4 rings (SSSR count). The second-order valence-corrected chi connectivity index (χ2v) is 8.14. The highest BCUT2D eigenvalue weighted by atomic mass is 16.5. The van der Waals surface area contributed by atoms with Crippen molar-refractivity contribution in [1.82, 2.24) is 4.90 Å². The van der Waals surface area contributed by atoms with E-state index >= 15 is 0 Å². The van der Waals surface area contributed by atoms with E-state index in [2.05, 4.69) is 17.1 Å². The third-order valence-electron chi connectivity index (χ3n) is 5.57. The number of hydrogen-bond donors (Lipinski definition) is 2. The van der Waals surface area contributed by atoms with E-state index in [0.29, 0.717) is 22.4 Å². The van der Waals surface area contributed by atoms with Crippen molar-refractivity contribution in [3.05, 3.63) is 54.1 Å². The van der Waals surface area contributed by atoms with Gasteiger partial charge in [-0.1, -0.05) is 19.1 Å². The number of amides is 1. The molecule has 1 saturated carbocycles. The van der Waals surface area contributed by atoms with E-state index in [4.69, 9.17) is 10.5 Å². The first kappa shape index (κ1) is 17.9. The van der Waals surface area contributed by atoms with Crippen LogP contribution >= 0.6 is 0 Å². The Morgan fingerprint density at radius 3 is 2.67 bits per heavy atom. The van der Waals surface area contributed by atoms with Crippen LogP contribution in [0.15, 0.2) is 48.5 Å².